The van der Waals surface area contributed by atoms with Crippen molar-refractivity contribution in [3.8, 4) is 0 Å². The van der Waals surface area contributed by atoms with E-state index >= 15 is 0 Å². The van der Waals surface area contributed by atoms with Gasteiger partial charge in [0, 0.05) is 5.69 Å². The first kappa shape index (κ1) is 12.7. The minimum absolute atomic E-state index is 0.0653. The molecule has 1 heterocycles. The maximum Gasteiger partial charge on any atom is 0.431 e. The van der Waals surface area contributed by atoms with E-state index in [1.165, 1.54) is 18.2 Å². The average Bonchev–Trinajstić information content (AvgIpc) is 2.60. The second-order valence-corrected chi connectivity index (χ2v) is 4.04. The number of halogens is 4. The number of rotatable bonds is 1. The zero-order valence-electron chi connectivity index (χ0n) is 8.83. The van der Waals surface area contributed by atoms with Crippen molar-refractivity contribution in [2.45, 2.75) is 12.6 Å². The van der Waals surface area contributed by atoms with Crippen molar-refractivity contribution in [1.29, 1.82) is 0 Å². The predicted octanol–water partition coefficient (Wildman–Crippen LogP) is 2.58. The lowest BCUT2D eigenvalue weighted by atomic mass is 10.2. The fourth-order valence-corrected chi connectivity index (χ4v) is 1.74. The van der Waals surface area contributed by atoms with Crippen LogP contribution in [0.5, 0.6) is 0 Å². The number of nitrogens with two attached hydrogens (primary N) is 1. The highest BCUT2D eigenvalue weighted by molar-refractivity contribution is 6.34. The summed E-state index contributed by atoms with van der Waals surface area (Å²) in [4.78, 5) is 11.5. The van der Waals surface area contributed by atoms with Crippen LogP contribution in [0.2, 0.25) is 5.02 Å². The van der Waals surface area contributed by atoms with Gasteiger partial charge in [-0.3, -0.25) is 4.79 Å². The van der Waals surface area contributed by atoms with Gasteiger partial charge < -0.3 is 5.73 Å². The number of hydrogen-bond acceptors (Lipinski definition) is 3. The van der Waals surface area contributed by atoms with Gasteiger partial charge in [0.2, 0.25) is 0 Å². The van der Waals surface area contributed by atoms with Gasteiger partial charge in [-0.1, -0.05) is 11.6 Å². The number of carbonyl (C=O) groups is 1. The molecule has 1 aliphatic rings. The van der Waals surface area contributed by atoms with Crippen LogP contribution >= 0.6 is 11.6 Å². The molecule has 18 heavy (non-hydrogen) atoms. The van der Waals surface area contributed by atoms with Crippen LogP contribution in [0.15, 0.2) is 23.3 Å². The first-order valence-corrected chi connectivity index (χ1v) is 5.19. The summed E-state index contributed by atoms with van der Waals surface area (Å²) in [6, 6.07) is 4.11. The Bertz CT molecular complexity index is 542. The molecule has 2 N–H and O–H groups in total. The molecule has 1 amide bonds. The minimum Gasteiger partial charge on any atom is -0.399 e. The number of carbonyl (C=O) groups excluding carboxylic acids is 1. The molecule has 0 fully saturated rings. The molecular formula is C10H7ClF3N3O. The Balaban J connectivity index is 2.40. The van der Waals surface area contributed by atoms with Crippen molar-refractivity contribution in [3.05, 3.63) is 23.2 Å². The molecule has 0 unspecified atom stereocenters. The highest BCUT2D eigenvalue weighted by Gasteiger charge is 2.43. The summed E-state index contributed by atoms with van der Waals surface area (Å²) in [5.41, 5.74) is 4.74. The summed E-state index contributed by atoms with van der Waals surface area (Å²) in [7, 11) is 0. The molecule has 1 aromatic carbocycles. The Labute approximate surface area is 105 Å². The first-order chi connectivity index (χ1) is 8.29. The number of alkyl halides is 3. The molecule has 0 aliphatic carbocycles. The van der Waals surface area contributed by atoms with Crippen LogP contribution in [0.25, 0.3) is 0 Å². The van der Waals surface area contributed by atoms with Crippen LogP contribution in [0.4, 0.5) is 24.5 Å². The Morgan fingerprint density at radius 2 is 2.06 bits per heavy atom. The topological polar surface area (TPSA) is 58.7 Å². The third kappa shape index (κ3) is 2.26. The molecule has 0 aromatic heterocycles. The van der Waals surface area contributed by atoms with Crippen LogP contribution in [-0.2, 0) is 4.79 Å². The van der Waals surface area contributed by atoms with E-state index in [0.29, 0.717) is 10.7 Å². The number of benzene rings is 1. The van der Waals surface area contributed by atoms with Gasteiger partial charge in [-0.2, -0.15) is 23.3 Å². The summed E-state index contributed by atoms with van der Waals surface area (Å²) in [5, 5.41) is 3.96. The number of amides is 1. The summed E-state index contributed by atoms with van der Waals surface area (Å²) in [5.74, 6) is -0.783. The lowest BCUT2D eigenvalue weighted by molar-refractivity contribution is -0.117. The van der Waals surface area contributed by atoms with Crippen molar-refractivity contribution in [2.24, 2.45) is 5.10 Å². The summed E-state index contributed by atoms with van der Waals surface area (Å²) >= 11 is 5.81. The van der Waals surface area contributed by atoms with Gasteiger partial charge in [0.25, 0.3) is 5.91 Å². The Morgan fingerprint density at radius 3 is 2.56 bits per heavy atom. The molecule has 0 radical (unpaired) electrons. The molecule has 96 valence electrons. The van der Waals surface area contributed by atoms with Crippen molar-refractivity contribution in [1.82, 2.24) is 0 Å². The minimum atomic E-state index is -4.62. The van der Waals surface area contributed by atoms with Gasteiger partial charge in [-0.05, 0) is 18.2 Å². The molecule has 2 rings (SSSR count). The molecule has 0 bridgehead atoms. The number of nitrogens with zero attached hydrogens (tertiary/aromatic N) is 2. The Hall–Kier alpha value is -1.76. The molecule has 1 aliphatic heterocycles. The molecule has 4 nitrogen and oxygen atoms in total. The molecule has 0 atom stereocenters. The Kier molecular flexibility index (Phi) is 2.94. The maximum absolute atomic E-state index is 12.4. The van der Waals surface area contributed by atoms with E-state index in [1.807, 2.05) is 0 Å². The van der Waals surface area contributed by atoms with Crippen molar-refractivity contribution >= 4 is 34.6 Å². The monoisotopic (exact) mass is 277 g/mol. The van der Waals surface area contributed by atoms with Gasteiger partial charge in [-0.15, -0.1) is 0 Å². The van der Waals surface area contributed by atoms with Gasteiger partial charge in [-0.25, -0.2) is 0 Å². The predicted molar refractivity (Wildman–Crippen MR) is 61.5 cm³/mol. The lowest BCUT2D eigenvalue weighted by Crippen LogP contribution is -2.22. The van der Waals surface area contributed by atoms with Crippen LogP contribution in [0.1, 0.15) is 6.42 Å². The van der Waals surface area contributed by atoms with Crippen molar-refractivity contribution < 1.29 is 18.0 Å². The molecule has 1 aromatic rings. The highest BCUT2D eigenvalue weighted by atomic mass is 35.5. The van der Waals surface area contributed by atoms with E-state index in [-0.39, 0.29) is 10.7 Å². The standard InChI is InChI=1S/C10H7ClF3N3O/c11-6-3-5(15)1-2-7(6)17-9(18)4-8(16-17)10(12,13)14/h1-3H,4,15H2. The number of hydrogen-bond donors (Lipinski definition) is 1. The maximum atomic E-state index is 12.4. The Morgan fingerprint density at radius 1 is 1.39 bits per heavy atom. The average molecular weight is 278 g/mol. The fraction of sp³-hybridized carbons (Fsp3) is 0.200. The molecule has 0 saturated heterocycles. The normalized spacial score (nSPS) is 16.1. The SMILES string of the molecule is Nc1ccc(N2N=C(C(F)(F)F)CC2=O)c(Cl)c1. The fourth-order valence-electron chi connectivity index (χ4n) is 1.47. The zero-order chi connectivity index (χ0) is 13.5. The van der Waals surface area contributed by atoms with Crippen LogP contribution in [-0.4, -0.2) is 17.8 Å². The van der Waals surface area contributed by atoms with Gasteiger partial charge in [0.1, 0.15) is 0 Å². The summed E-state index contributed by atoms with van der Waals surface area (Å²) in [6.45, 7) is 0. The third-order valence-corrected chi connectivity index (χ3v) is 2.61. The lowest BCUT2D eigenvalue weighted by Gasteiger charge is -2.13. The van der Waals surface area contributed by atoms with Gasteiger partial charge in [0.05, 0.1) is 17.1 Å². The van der Waals surface area contributed by atoms with E-state index in [1.54, 1.807) is 0 Å². The van der Waals surface area contributed by atoms with Gasteiger partial charge in [0.15, 0.2) is 5.71 Å². The molecular weight excluding hydrogens is 271 g/mol. The van der Waals surface area contributed by atoms with Crippen LogP contribution < -0.4 is 10.7 Å². The van der Waals surface area contributed by atoms with Crippen LogP contribution in [0.3, 0.4) is 0 Å². The summed E-state index contributed by atoms with van der Waals surface area (Å²) < 4.78 is 37.3. The van der Waals surface area contributed by atoms with Crippen molar-refractivity contribution in [3.63, 3.8) is 0 Å². The second-order valence-electron chi connectivity index (χ2n) is 3.64. The van der Waals surface area contributed by atoms with E-state index in [0.717, 1.165) is 0 Å². The summed E-state index contributed by atoms with van der Waals surface area (Å²) in [6.07, 6.45) is -5.41. The van der Waals surface area contributed by atoms with Gasteiger partial charge >= 0.3 is 6.18 Å². The number of nitrogen functional groups attached to an aromatic ring is 1. The molecule has 0 spiro atoms. The van der Waals surface area contributed by atoms with E-state index in [4.69, 9.17) is 17.3 Å². The quantitative estimate of drug-likeness (QED) is 0.802. The zero-order valence-corrected chi connectivity index (χ0v) is 9.59. The largest absolute Gasteiger partial charge is 0.431 e. The molecule has 0 saturated carbocycles. The highest BCUT2D eigenvalue weighted by Crippen LogP contribution is 2.33. The third-order valence-electron chi connectivity index (χ3n) is 2.30. The second kappa shape index (κ2) is 4.16. The smallest absolute Gasteiger partial charge is 0.399 e. The van der Waals surface area contributed by atoms with E-state index in [2.05, 4.69) is 5.10 Å². The first-order valence-electron chi connectivity index (χ1n) is 4.81. The van der Waals surface area contributed by atoms with E-state index < -0.39 is 24.2 Å². The molecule has 8 heteroatoms. The van der Waals surface area contributed by atoms with E-state index in [9.17, 15) is 18.0 Å². The van der Waals surface area contributed by atoms with Crippen LogP contribution in [0, 0.1) is 0 Å². The number of anilines is 2. The number of hydrazone groups is 1. The van der Waals surface area contributed by atoms with Crippen molar-refractivity contribution in [2.75, 3.05) is 10.7 Å².